The third-order valence-electron chi connectivity index (χ3n) is 5.91. The normalized spacial score (nSPS) is 14.5. The number of methoxy groups -OCH3 is 1. The zero-order chi connectivity index (χ0) is 25.9. The number of rotatable bonds is 8. The van der Waals surface area contributed by atoms with Crippen molar-refractivity contribution in [2.75, 3.05) is 18.6 Å². The van der Waals surface area contributed by atoms with Crippen molar-refractivity contribution >= 4 is 62.8 Å². The summed E-state index contributed by atoms with van der Waals surface area (Å²) in [5, 5.41) is 10.3. The van der Waals surface area contributed by atoms with Crippen molar-refractivity contribution in [2.45, 2.75) is 6.54 Å². The van der Waals surface area contributed by atoms with Gasteiger partial charge in [-0.1, -0.05) is 48.2 Å². The molecule has 0 spiro atoms. The fourth-order valence-electron chi connectivity index (χ4n) is 4.12. The maximum atomic E-state index is 13.3. The van der Waals surface area contributed by atoms with Crippen molar-refractivity contribution < 1.29 is 24.2 Å². The van der Waals surface area contributed by atoms with E-state index < -0.39 is 5.97 Å². The van der Waals surface area contributed by atoms with E-state index in [1.807, 2.05) is 60.8 Å². The zero-order valence-electron chi connectivity index (χ0n) is 19.8. The second-order valence-electron chi connectivity index (χ2n) is 8.19. The minimum atomic E-state index is -1.06. The summed E-state index contributed by atoms with van der Waals surface area (Å²) in [6, 6.07) is 21.6. The van der Waals surface area contributed by atoms with Crippen LogP contribution in [0.25, 0.3) is 17.0 Å². The van der Waals surface area contributed by atoms with Gasteiger partial charge < -0.3 is 19.1 Å². The van der Waals surface area contributed by atoms with Crippen molar-refractivity contribution in [1.82, 2.24) is 4.57 Å². The number of aromatic carboxylic acids is 1. The molecule has 0 atom stereocenters. The average molecular weight is 531 g/mol. The Labute approximate surface area is 222 Å². The Bertz CT molecular complexity index is 1540. The molecule has 0 bridgehead atoms. The number of thiocarbonyl (C=S) groups is 1. The molecule has 5 rings (SSSR count). The summed E-state index contributed by atoms with van der Waals surface area (Å²) < 4.78 is 13.5. The van der Waals surface area contributed by atoms with Crippen molar-refractivity contribution in [1.29, 1.82) is 0 Å². The van der Waals surface area contributed by atoms with E-state index >= 15 is 0 Å². The first-order valence-electron chi connectivity index (χ1n) is 11.4. The Morgan fingerprint density at radius 3 is 2.57 bits per heavy atom. The summed E-state index contributed by atoms with van der Waals surface area (Å²) >= 11 is 6.67. The molecule has 37 heavy (non-hydrogen) atoms. The van der Waals surface area contributed by atoms with Crippen LogP contribution in [0, 0.1) is 0 Å². The number of carbonyl (C=O) groups is 2. The highest BCUT2D eigenvalue weighted by Crippen LogP contribution is 2.37. The van der Waals surface area contributed by atoms with Gasteiger partial charge in [-0.25, -0.2) is 4.79 Å². The second kappa shape index (κ2) is 10.5. The van der Waals surface area contributed by atoms with Gasteiger partial charge in [0.15, 0.2) is 4.32 Å². The molecular formula is C28H22N2O5S2. The largest absolute Gasteiger partial charge is 0.497 e. The van der Waals surface area contributed by atoms with Crippen LogP contribution in [0.5, 0.6) is 11.5 Å². The Balaban J connectivity index is 1.38. The topological polar surface area (TPSA) is 81.0 Å². The van der Waals surface area contributed by atoms with Crippen LogP contribution in [0.3, 0.4) is 0 Å². The molecule has 4 aromatic rings. The number of nitrogens with zero attached hydrogens (tertiary/aromatic N) is 2. The lowest BCUT2D eigenvalue weighted by molar-refractivity contribution is -0.113. The average Bonchev–Trinajstić information content (AvgIpc) is 3.40. The van der Waals surface area contributed by atoms with E-state index in [9.17, 15) is 14.7 Å². The summed E-state index contributed by atoms with van der Waals surface area (Å²) in [7, 11) is 1.62. The number of carboxylic acid groups (broad SMARTS) is 1. The lowest BCUT2D eigenvalue weighted by Crippen LogP contribution is -2.27. The van der Waals surface area contributed by atoms with Crippen LogP contribution in [0.1, 0.15) is 15.9 Å². The van der Waals surface area contributed by atoms with Crippen LogP contribution in [0.4, 0.5) is 5.69 Å². The molecule has 7 nitrogen and oxygen atoms in total. The fraction of sp³-hybridized carbons (Fsp3) is 0.107. The summed E-state index contributed by atoms with van der Waals surface area (Å²) in [5.74, 6) is 0.186. The number of hydrogen-bond donors (Lipinski definition) is 1. The number of hydrogen-bond acceptors (Lipinski definition) is 6. The van der Waals surface area contributed by atoms with Crippen LogP contribution in [-0.4, -0.2) is 39.6 Å². The van der Waals surface area contributed by atoms with E-state index in [1.165, 1.54) is 28.8 Å². The van der Waals surface area contributed by atoms with Crippen molar-refractivity contribution in [3.8, 4) is 11.5 Å². The van der Waals surface area contributed by atoms with Crippen LogP contribution in [0.2, 0.25) is 0 Å². The summed E-state index contributed by atoms with van der Waals surface area (Å²) in [5.41, 5.74) is 2.44. The molecule has 0 saturated carbocycles. The molecule has 1 amide bonds. The summed E-state index contributed by atoms with van der Waals surface area (Å²) in [6.07, 6.45) is 3.84. The molecular weight excluding hydrogens is 508 g/mol. The SMILES string of the molecule is COc1ccc(OCCn2cc(/C=C3\SC(=S)N(c4cccc(C(=O)O)c4)C3=O)c3ccccc32)cc1. The Morgan fingerprint density at radius 1 is 1.05 bits per heavy atom. The molecule has 9 heteroatoms. The van der Waals surface area contributed by atoms with Crippen LogP contribution < -0.4 is 14.4 Å². The lowest BCUT2D eigenvalue weighted by Gasteiger charge is -2.14. The van der Waals surface area contributed by atoms with E-state index in [0.717, 1.165) is 28.0 Å². The standard InChI is InChI=1S/C28H22N2O5S2/c1-34-21-9-11-22(12-10-21)35-14-13-29-17-19(23-7-2-3-8-24(23)29)16-25-26(31)30(28(36)37-25)20-6-4-5-18(15-20)27(32)33/h2-12,15-17H,13-14H2,1H3,(H,32,33)/b25-16-. The molecule has 0 unspecified atom stereocenters. The van der Waals surface area contributed by atoms with E-state index in [-0.39, 0.29) is 11.5 Å². The highest BCUT2D eigenvalue weighted by atomic mass is 32.2. The van der Waals surface area contributed by atoms with Gasteiger partial charge in [-0.05, 0) is 54.6 Å². The van der Waals surface area contributed by atoms with Gasteiger partial charge in [0.25, 0.3) is 5.91 Å². The first kappa shape index (κ1) is 24.6. The van der Waals surface area contributed by atoms with E-state index in [4.69, 9.17) is 21.7 Å². The highest BCUT2D eigenvalue weighted by Gasteiger charge is 2.33. The third-order valence-corrected chi connectivity index (χ3v) is 7.21. The van der Waals surface area contributed by atoms with Gasteiger partial charge in [0, 0.05) is 22.7 Å². The first-order valence-corrected chi connectivity index (χ1v) is 12.6. The van der Waals surface area contributed by atoms with Crippen LogP contribution >= 0.6 is 24.0 Å². The van der Waals surface area contributed by atoms with E-state index in [1.54, 1.807) is 19.2 Å². The minimum absolute atomic E-state index is 0.0930. The number of fused-ring (bicyclic) bond motifs is 1. The maximum absolute atomic E-state index is 13.3. The predicted molar refractivity (Wildman–Crippen MR) is 149 cm³/mol. The highest BCUT2D eigenvalue weighted by molar-refractivity contribution is 8.27. The van der Waals surface area contributed by atoms with Crippen LogP contribution in [-0.2, 0) is 11.3 Å². The first-order chi connectivity index (χ1) is 17.9. The number of carbonyl (C=O) groups excluding carboxylic acids is 1. The molecule has 0 radical (unpaired) electrons. The van der Waals surface area contributed by atoms with Gasteiger partial charge in [-0.2, -0.15) is 0 Å². The maximum Gasteiger partial charge on any atom is 0.335 e. The number of amides is 1. The van der Waals surface area contributed by atoms with Crippen LogP contribution in [0.15, 0.2) is 83.9 Å². The molecule has 1 fully saturated rings. The number of benzene rings is 3. The van der Waals surface area contributed by atoms with Gasteiger partial charge in [0.1, 0.15) is 18.1 Å². The number of ether oxygens (including phenoxy) is 2. The monoisotopic (exact) mass is 530 g/mol. The lowest BCUT2D eigenvalue weighted by atomic mass is 10.1. The molecule has 0 aliphatic carbocycles. The number of aromatic nitrogens is 1. The Kier molecular flexibility index (Phi) is 6.98. The molecule has 1 N–H and O–H groups in total. The Morgan fingerprint density at radius 2 is 1.81 bits per heavy atom. The molecule has 1 aromatic heterocycles. The minimum Gasteiger partial charge on any atom is -0.497 e. The van der Waals surface area contributed by atoms with Gasteiger partial charge in [-0.15, -0.1) is 0 Å². The number of para-hydroxylation sites is 1. The molecule has 186 valence electrons. The third kappa shape index (κ3) is 5.09. The van der Waals surface area contributed by atoms with E-state index in [2.05, 4.69) is 4.57 Å². The van der Waals surface area contributed by atoms with Crippen molar-refractivity contribution in [2.24, 2.45) is 0 Å². The Hall–Kier alpha value is -4.08. The fourth-order valence-corrected chi connectivity index (χ4v) is 5.41. The van der Waals surface area contributed by atoms with Gasteiger partial charge in [-0.3, -0.25) is 9.69 Å². The second-order valence-corrected chi connectivity index (χ2v) is 9.87. The van der Waals surface area contributed by atoms with Gasteiger partial charge >= 0.3 is 5.97 Å². The number of anilines is 1. The molecule has 1 aliphatic rings. The van der Waals surface area contributed by atoms with Crippen molar-refractivity contribution in [3.05, 3.63) is 95.0 Å². The van der Waals surface area contributed by atoms with Crippen molar-refractivity contribution in [3.63, 3.8) is 0 Å². The summed E-state index contributed by atoms with van der Waals surface area (Å²) in [4.78, 5) is 26.5. The molecule has 3 aromatic carbocycles. The predicted octanol–water partition coefficient (Wildman–Crippen LogP) is 5.83. The quantitative estimate of drug-likeness (QED) is 0.227. The van der Waals surface area contributed by atoms with Gasteiger partial charge in [0.2, 0.25) is 0 Å². The number of carboxylic acids is 1. The molecule has 2 heterocycles. The number of thioether (sulfide) groups is 1. The van der Waals surface area contributed by atoms with Gasteiger partial charge in [0.05, 0.1) is 29.8 Å². The summed E-state index contributed by atoms with van der Waals surface area (Å²) in [6.45, 7) is 1.08. The molecule has 1 saturated heterocycles. The van der Waals surface area contributed by atoms with E-state index in [0.29, 0.717) is 28.1 Å². The zero-order valence-corrected chi connectivity index (χ0v) is 21.4. The molecule has 1 aliphatic heterocycles. The smallest absolute Gasteiger partial charge is 0.335 e.